The number of thiazole rings is 1. The maximum atomic E-state index is 11.3. The van der Waals surface area contributed by atoms with Gasteiger partial charge in [-0.05, 0) is 30.7 Å². The maximum absolute atomic E-state index is 11.3. The third-order valence-electron chi connectivity index (χ3n) is 3.64. The van der Waals surface area contributed by atoms with E-state index in [1.807, 2.05) is 5.38 Å². The van der Waals surface area contributed by atoms with Crippen LogP contribution in [0.25, 0.3) is 11.3 Å². The first-order chi connectivity index (χ1) is 10.2. The van der Waals surface area contributed by atoms with Crippen molar-refractivity contribution in [3.63, 3.8) is 0 Å². The van der Waals surface area contributed by atoms with Crippen LogP contribution >= 0.6 is 11.3 Å². The number of amides is 1. The molecule has 3 rings (SSSR count). The van der Waals surface area contributed by atoms with Crippen molar-refractivity contribution < 1.29 is 4.79 Å². The summed E-state index contributed by atoms with van der Waals surface area (Å²) in [6.07, 6.45) is 1.07. The van der Waals surface area contributed by atoms with Crippen LogP contribution in [0.4, 0.5) is 5.13 Å². The largest absolute Gasteiger partial charge is 0.322 e. The highest BCUT2D eigenvalue weighted by molar-refractivity contribution is 7.14. The lowest BCUT2D eigenvalue weighted by atomic mass is 9.97. The molecule has 0 spiro atoms. The Morgan fingerprint density at radius 3 is 3.14 bits per heavy atom. The number of hydrogen-bond acceptors (Lipinski definition) is 5. The number of likely N-dealkylation sites (N-methyl/N-ethyl adjacent to an activating group) is 1. The second kappa shape index (κ2) is 5.93. The van der Waals surface area contributed by atoms with E-state index in [0.717, 1.165) is 30.8 Å². The smallest absolute Gasteiger partial charge is 0.239 e. The summed E-state index contributed by atoms with van der Waals surface area (Å²) < 4.78 is 0. The number of fused-ring (bicyclic) bond motifs is 1. The normalized spacial score (nSPS) is 14.8. The van der Waals surface area contributed by atoms with Gasteiger partial charge in [-0.25, -0.2) is 4.98 Å². The van der Waals surface area contributed by atoms with E-state index < -0.39 is 0 Å². The van der Waals surface area contributed by atoms with Crippen molar-refractivity contribution in [2.24, 2.45) is 5.73 Å². The van der Waals surface area contributed by atoms with Gasteiger partial charge in [-0.3, -0.25) is 4.79 Å². The van der Waals surface area contributed by atoms with Crippen LogP contribution in [0.15, 0.2) is 23.6 Å². The summed E-state index contributed by atoms with van der Waals surface area (Å²) in [5, 5.41) is 5.24. The fourth-order valence-electron chi connectivity index (χ4n) is 2.49. The van der Waals surface area contributed by atoms with Crippen molar-refractivity contribution in [1.29, 1.82) is 0 Å². The van der Waals surface area contributed by atoms with Gasteiger partial charge in [0.25, 0.3) is 0 Å². The predicted octanol–water partition coefficient (Wildman–Crippen LogP) is 1.70. The molecule has 5 nitrogen and oxygen atoms in total. The Labute approximate surface area is 127 Å². The number of nitrogens with one attached hydrogen (secondary N) is 1. The molecule has 0 fully saturated rings. The first-order valence-electron chi connectivity index (χ1n) is 6.92. The highest BCUT2D eigenvalue weighted by Gasteiger charge is 2.14. The lowest BCUT2D eigenvalue weighted by Crippen LogP contribution is -2.26. The highest BCUT2D eigenvalue weighted by Crippen LogP contribution is 2.28. The Morgan fingerprint density at radius 1 is 1.48 bits per heavy atom. The Hall–Kier alpha value is -1.76. The summed E-state index contributed by atoms with van der Waals surface area (Å²) in [7, 11) is 2.14. The van der Waals surface area contributed by atoms with E-state index in [4.69, 9.17) is 5.73 Å². The van der Waals surface area contributed by atoms with Gasteiger partial charge in [-0.15, -0.1) is 11.3 Å². The number of carbonyl (C=O) groups excluding carboxylic acids is 1. The van der Waals surface area contributed by atoms with Crippen LogP contribution in [0.2, 0.25) is 0 Å². The first-order valence-corrected chi connectivity index (χ1v) is 7.80. The molecule has 0 saturated carbocycles. The molecule has 0 unspecified atom stereocenters. The fourth-order valence-corrected chi connectivity index (χ4v) is 3.22. The van der Waals surface area contributed by atoms with Gasteiger partial charge in [-0.2, -0.15) is 0 Å². The number of benzene rings is 1. The van der Waals surface area contributed by atoms with Gasteiger partial charge in [0.1, 0.15) is 0 Å². The lowest BCUT2D eigenvalue weighted by molar-refractivity contribution is -0.114. The molecular weight excluding hydrogens is 284 g/mol. The minimum Gasteiger partial charge on any atom is -0.322 e. The van der Waals surface area contributed by atoms with Crippen LogP contribution < -0.4 is 11.1 Å². The van der Waals surface area contributed by atoms with E-state index in [2.05, 4.69) is 40.4 Å². The average molecular weight is 302 g/mol. The minimum atomic E-state index is -0.218. The van der Waals surface area contributed by atoms with Gasteiger partial charge in [-0.1, -0.05) is 12.1 Å². The molecule has 1 aromatic heterocycles. The van der Waals surface area contributed by atoms with Gasteiger partial charge in [0.15, 0.2) is 5.13 Å². The zero-order valence-electron chi connectivity index (χ0n) is 11.9. The van der Waals surface area contributed by atoms with Crippen LogP contribution in [-0.2, 0) is 17.8 Å². The van der Waals surface area contributed by atoms with Crippen molar-refractivity contribution in [1.82, 2.24) is 9.88 Å². The standard InChI is InChI=1S/C15H18N4OS/c1-19-5-4-10-6-11(2-3-12(10)8-19)13-9-21-15(17-13)18-14(20)7-16/h2-3,6,9H,4-5,7-8,16H2,1H3,(H,17,18,20). The van der Waals surface area contributed by atoms with Gasteiger partial charge in [0, 0.05) is 24.0 Å². The molecule has 0 bridgehead atoms. The van der Waals surface area contributed by atoms with E-state index in [1.54, 1.807) is 0 Å². The minimum absolute atomic E-state index is 0.0265. The molecule has 1 aliphatic rings. The van der Waals surface area contributed by atoms with Gasteiger partial charge in [0.05, 0.1) is 12.2 Å². The average Bonchev–Trinajstić information content (AvgIpc) is 2.95. The molecular formula is C15H18N4OS. The van der Waals surface area contributed by atoms with E-state index in [1.165, 1.54) is 22.5 Å². The second-order valence-corrected chi connectivity index (χ2v) is 6.12. The molecule has 110 valence electrons. The zero-order valence-corrected chi connectivity index (χ0v) is 12.7. The predicted molar refractivity (Wildman–Crippen MR) is 85.3 cm³/mol. The number of nitrogens with zero attached hydrogens (tertiary/aromatic N) is 2. The van der Waals surface area contributed by atoms with Crippen molar-refractivity contribution in [2.75, 3.05) is 25.5 Å². The highest BCUT2D eigenvalue weighted by atomic mass is 32.1. The van der Waals surface area contributed by atoms with E-state index >= 15 is 0 Å². The Balaban J connectivity index is 1.83. The number of carbonyl (C=O) groups is 1. The van der Waals surface area contributed by atoms with E-state index in [-0.39, 0.29) is 12.5 Å². The fraction of sp³-hybridized carbons (Fsp3) is 0.333. The van der Waals surface area contributed by atoms with Gasteiger partial charge in [0.2, 0.25) is 5.91 Å². The van der Waals surface area contributed by atoms with Crippen LogP contribution in [-0.4, -0.2) is 35.9 Å². The monoisotopic (exact) mass is 302 g/mol. The topological polar surface area (TPSA) is 71.2 Å². The molecule has 6 heteroatoms. The number of hydrogen-bond donors (Lipinski definition) is 2. The molecule has 2 heterocycles. The Bertz CT molecular complexity index is 667. The van der Waals surface area contributed by atoms with E-state index in [9.17, 15) is 4.79 Å². The molecule has 1 aromatic carbocycles. The number of nitrogens with two attached hydrogens (primary N) is 1. The molecule has 0 radical (unpaired) electrons. The quantitative estimate of drug-likeness (QED) is 0.905. The van der Waals surface area contributed by atoms with Crippen molar-refractivity contribution in [3.05, 3.63) is 34.7 Å². The summed E-state index contributed by atoms with van der Waals surface area (Å²) in [6.45, 7) is 2.07. The molecule has 3 N–H and O–H groups in total. The summed E-state index contributed by atoms with van der Waals surface area (Å²) in [5.41, 5.74) is 10.1. The van der Waals surface area contributed by atoms with Crippen LogP contribution in [0.5, 0.6) is 0 Å². The van der Waals surface area contributed by atoms with Gasteiger partial charge >= 0.3 is 0 Å². The van der Waals surface area contributed by atoms with Crippen molar-refractivity contribution in [2.45, 2.75) is 13.0 Å². The third-order valence-corrected chi connectivity index (χ3v) is 4.40. The molecule has 0 saturated heterocycles. The molecule has 0 aliphatic carbocycles. The van der Waals surface area contributed by atoms with Crippen LogP contribution in [0.3, 0.4) is 0 Å². The number of rotatable bonds is 3. The Kier molecular flexibility index (Phi) is 4.01. The second-order valence-electron chi connectivity index (χ2n) is 5.26. The van der Waals surface area contributed by atoms with Gasteiger partial charge < -0.3 is 16.0 Å². The van der Waals surface area contributed by atoms with Crippen LogP contribution in [0, 0.1) is 0 Å². The van der Waals surface area contributed by atoms with Crippen LogP contribution in [0.1, 0.15) is 11.1 Å². The van der Waals surface area contributed by atoms with Crippen molar-refractivity contribution >= 4 is 22.4 Å². The molecule has 0 atom stereocenters. The van der Waals surface area contributed by atoms with E-state index in [0.29, 0.717) is 5.13 Å². The molecule has 1 aliphatic heterocycles. The molecule has 21 heavy (non-hydrogen) atoms. The summed E-state index contributed by atoms with van der Waals surface area (Å²) in [6, 6.07) is 6.49. The Morgan fingerprint density at radius 2 is 2.33 bits per heavy atom. The molecule has 1 amide bonds. The maximum Gasteiger partial charge on any atom is 0.239 e. The summed E-state index contributed by atoms with van der Waals surface area (Å²) in [5.74, 6) is -0.218. The summed E-state index contributed by atoms with van der Waals surface area (Å²) in [4.78, 5) is 18.1. The third kappa shape index (κ3) is 3.12. The molecule has 2 aromatic rings. The summed E-state index contributed by atoms with van der Waals surface area (Å²) >= 11 is 1.42. The number of aromatic nitrogens is 1. The zero-order chi connectivity index (χ0) is 14.8. The SMILES string of the molecule is CN1CCc2cc(-c3csc(NC(=O)CN)n3)ccc2C1. The first kappa shape index (κ1) is 14.2. The van der Waals surface area contributed by atoms with Crippen molar-refractivity contribution in [3.8, 4) is 11.3 Å². The number of anilines is 1. The lowest BCUT2D eigenvalue weighted by Gasteiger charge is -2.25.